The average Bonchev–Trinajstić information content (AvgIpc) is 2.45. The topological polar surface area (TPSA) is 53.4 Å². The molecule has 0 bridgehead atoms. The molecule has 0 aliphatic carbocycles. The molecule has 0 atom stereocenters. The zero-order valence-electron chi connectivity index (χ0n) is 11.5. The van der Waals surface area contributed by atoms with E-state index in [1.54, 1.807) is 6.20 Å². The molecule has 0 amide bonds. The third kappa shape index (κ3) is 4.09. The maximum Gasteiger partial charge on any atom is 0.305 e. The average molecular weight is 270 g/mol. The van der Waals surface area contributed by atoms with Gasteiger partial charge in [-0.2, -0.15) is 0 Å². The zero-order chi connectivity index (χ0) is 14.4. The van der Waals surface area contributed by atoms with E-state index in [2.05, 4.69) is 4.98 Å². The summed E-state index contributed by atoms with van der Waals surface area (Å²) >= 11 is 0. The summed E-state index contributed by atoms with van der Waals surface area (Å²) in [5.41, 5.74) is 2.23. The molecule has 1 heterocycles. The first kappa shape index (κ1) is 14.1. The molecule has 2 rings (SSSR count). The van der Waals surface area contributed by atoms with Crippen molar-refractivity contribution in [3.63, 3.8) is 0 Å². The quantitative estimate of drug-likeness (QED) is 0.877. The van der Waals surface area contributed by atoms with Crippen molar-refractivity contribution in [2.45, 2.75) is 19.9 Å². The number of nitrogens with zero attached hydrogens (tertiary/aromatic N) is 2. The molecule has 104 valence electrons. The summed E-state index contributed by atoms with van der Waals surface area (Å²) in [5, 5.41) is 8.87. The lowest BCUT2D eigenvalue weighted by Gasteiger charge is -2.23. The summed E-state index contributed by atoms with van der Waals surface area (Å²) < 4.78 is 0. The Morgan fingerprint density at radius 3 is 2.55 bits per heavy atom. The standard InChI is InChI=1S/C16H18N2O2/c1-13-7-8-15(17-11-13)18(10-9-16(19)20)12-14-5-3-2-4-6-14/h2-8,11H,9-10,12H2,1H3,(H,19,20). The fourth-order valence-corrected chi connectivity index (χ4v) is 1.96. The minimum atomic E-state index is -0.796. The van der Waals surface area contributed by atoms with Gasteiger partial charge in [0, 0.05) is 19.3 Å². The van der Waals surface area contributed by atoms with Crippen LogP contribution in [0.4, 0.5) is 5.82 Å². The van der Waals surface area contributed by atoms with Crippen LogP contribution in [0.2, 0.25) is 0 Å². The van der Waals surface area contributed by atoms with Crippen molar-refractivity contribution >= 4 is 11.8 Å². The van der Waals surface area contributed by atoms with Crippen LogP contribution in [0, 0.1) is 6.92 Å². The molecule has 1 aromatic carbocycles. The van der Waals surface area contributed by atoms with Crippen LogP contribution in [0.3, 0.4) is 0 Å². The van der Waals surface area contributed by atoms with Crippen molar-refractivity contribution in [3.8, 4) is 0 Å². The van der Waals surface area contributed by atoms with Gasteiger partial charge in [-0.3, -0.25) is 4.79 Å². The summed E-state index contributed by atoms with van der Waals surface area (Å²) in [6, 6.07) is 13.9. The van der Waals surface area contributed by atoms with E-state index >= 15 is 0 Å². The first-order valence-corrected chi connectivity index (χ1v) is 6.58. The van der Waals surface area contributed by atoms with E-state index in [1.165, 1.54) is 0 Å². The molecular formula is C16H18N2O2. The molecule has 4 heteroatoms. The van der Waals surface area contributed by atoms with Gasteiger partial charge in [-0.15, -0.1) is 0 Å². The fraction of sp³-hybridized carbons (Fsp3) is 0.250. The summed E-state index contributed by atoms with van der Waals surface area (Å²) in [7, 11) is 0. The van der Waals surface area contributed by atoms with Crippen LogP contribution in [0.15, 0.2) is 48.7 Å². The van der Waals surface area contributed by atoms with Gasteiger partial charge >= 0.3 is 5.97 Å². The number of anilines is 1. The normalized spacial score (nSPS) is 10.2. The number of carboxylic acid groups (broad SMARTS) is 1. The number of hydrogen-bond acceptors (Lipinski definition) is 3. The lowest BCUT2D eigenvalue weighted by atomic mass is 10.2. The van der Waals surface area contributed by atoms with E-state index in [1.807, 2.05) is 54.3 Å². The second kappa shape index (κ2) is 6.70. The van der Waals surface area contributed by atoms with Gasteiger partial charge < -0.3 is 10.0 Å². The Balaban J connectivity index is 2.15. The third-order valence-corrected chi connectivity index (χ3v) is 3.03. The van der Waals surface area contributed by atoms with Gasteiger partial charge in [0.05, 0.1) is 6.42 Å². The van der Waals surface area contributed by atoms with E-state index in [0.29, 0.717) is 13.1 Å². The minimum Gasteiger partial charge on any atom is -0.481 e. The van der Waals surface area contributed by atoms with Crippen LogP contribution >= 0.6 is 0 Å². The lowest BCUT2D eigenvalue weighted by Crippen LogP contribution is -2.26. The monoisotopic (exact) mass is 270 g/mol. The number of carbonyl (C=O) groups is 1. The Bertz CT molecular complexity index is 552. The van der Waals surface area contributed by atoms with Crippen molar-refractivity contribution in [1.82, 2.24) is 4.98 Å². The zero-order valence-corrected chi connectivity index (χ0v) is 11.5. The summed E-state index contributed by atoms with van der Waals surface area (Å²) in [5.74, 6) is 0.0101. The second-order valence-corrected chi connectivity index (χ2v) is 4.74. The van der Waals surface area contributed by atoms with E-state index in [4.69, 9.17) is 5.11 Å². The molecule has 0 fully saturated rings. The number of pyridine rings is 1. The summed E-state index contributed by atoms with van der Waals surface area (Å²) in [6.07, 6.45) is 1.90. The Labute approximate surface area is 118 Å². The molecule has 0 saturated heterocycles. The number of hydrogen-bond donors (Lipinski definition) is 1. The molecule has 0 aliphatic heterocycles. The van der Waals surface area contributed by atoms with E-state index in [-0.39, 0.29) is 6.42 Å². The predicted molar refractivity (Wildman–Crippen MR) is 78.7 cm³/mol. The highest BCUT2D eigenvalue weighted by atomic mass is 16.4. The molecular weight excluding hydrogens is 252 g/mol. The predicted octanol–water partition coefficient (Wildman–Crippen LogP) is 2.87. The number of aryl methyl sites for hydroxylation is 1. The molecule has 20 heavy (non-hydrogen) atoms. The van der Waals surface area contributed by atoms with Crippen LogP contribution in [-0.2, 0) is 11.3 Å². The number of aliphatic carboxylic acids is 1. The number of rotatable bonds is 6. The molecule has 0 unspecified atom stereocenters. The first-order valence-electron chi connectivity index (χ1n) is 6.58. The number of benzene rings is 1. The van der Waals surface area contributed by atoms with Gasteiger partial charge in [0.1, 0.15) is 5.82 Å². The Morgan fingerprint density at radius 2 is 1.95 bits per heavy atom. The van der Waals surface area contributed by atoms with Crippen molar-refractivity contribution in [3.05, 3.63) is 59.8 Å². The van der Waals surface area contributed by atoms with Crippen molar-refractivity contribution in [1.29, 1.82) is 0 Å². The number of aromatic nitrogens is 1. The lowest BCUT2D eigenvalue weighted by molar-refractivity contribution is -0.136. The van der Waals surface area contributed by atoms with Gasteiger partial charge in [-0.05, 0) is 24.1 Å². The van der Waals surface area contributed by atoms with Crippen LogP contribution in [0.25, 0.3) is 0 Å². The Morgan fingerprint density at radius 1 is 1.20 bits per heavy atom. The smallest absolute Gasteiger partial charge is 0.305 e. The first-order chi connectivity index (χ1) is 9.65. The third-order valence-electron chi connectivity index (χ3n) is 3.03. The van der Waals surface area contributed by atoms with E-state index < -0.39 is 5.97 Å². The second-order valence-electron chi connectivity index (χ2n) is 4.74. The van der Waals surface area contributed by atoms with E-state index in [0.717, 1.165) is 16.9 Å². The molecule has 4 nitrogen and oxygen atoms in total. The largest absolute Gasteiger partial charge is 0.481 e. The highest BCUT2D eigenvalue weighted by molar-refractivity contribution is 5.67. The van der Waals surface area contributed by atoms with Crippen LogP contribution in [-0.4, -0.2) is 22.6 Å². The van der Waals surface area contributed by atoms with E-state index in [9.17, 15) is 4.79 Å². The van der Waals surface area contributed by atoms with Gasteiger partial charge in [0.2, 0.25) is 0 Å². The van der Waals surface area contributed by atoms with Crippen LogP contribution < -0.4 is 4.90 Å². The molecule has 2 aromatic rings. The maximum atomic E-state index is 10.8. The highest BCUT2D eigenvalue weighted by Crippen LogP contribution is 2.15. The van der Waals surface area contributed by atoms with Gasteiger partial charge in [0.25, 0.3) is 0 Å². The molecule has 0 radical (unpaired) electrons. The molecule has 0 saturated carbocycles. The van der Waals surface area contributed by atoms with Crippen LogP contribution in [0.1, 0.15) is 17.5 Å². The van der Waals surface area contributed by atoms with Crippen molar-refractivity contribution < 1.29 is 9.90 Å². The Kier molecular flexibility index (Phi) is 4.71. The van der Waals surface area contributed by atoms with Gasteiger partial charge in [-0.25, -0.2) is 4.98 Å². The van der Waals surface area contributed by atoms with Gasteiger partial charge in [0.15, 0.2) is 0 Å². The minimum absolute atomic E-state index is 0.0996. The van der Waals surface area contributed by atoms with Crippen molar-refractivity contribution in [2.24, 2.45) is 0 Å². The van der Waals surface area contributed by atoms with Crippen LogP contribution in [0.5, 0.6) is 0 Å². The fourth-order valence-electron chi connectivity index (χ4n) is 1.96. The van der Waals surface area contributed by atoms with Gasteiger partial charge in [-0.1, -0.05) is 36.4 Å². The molecule has 0 aliphatic rings. The summed E-state index contributed by atoms with van der Waals surface area (Å²) in [6.45, 7) is 3.08. The highest BCUT2D eigenvalue weighted by Gasteiger charge is 2.10. The van der Waals surface area contributed by atoms with Crippen molar-refractivity contribution in [2.75, 3.05) is 11.4 Å². The number of carboxylic acids is 1. The SMILES string of the molecule is Cc1ccc(N(CCC(=O)O)Cc2ccccc2)nc1. The molecule has 0 spiro atoms. The Hall–Kier alpha value is -2.36. The molecule has 1 aromatic heterocycles. The maximum absolute atomic E-state index is 10.8. The summed E-state index contributed by atoms with van der Waals surface area (Å²) in [4.78, 5) is 17.2. The molecule has 1 N–H and O–H groups in total.